The largest absolute Gasteiger partial charge is 0.369 e. The van der Waals surface area contributed by atoms with Gasteiger partial charge in [-0.15, -0.1) is 0 Å². The molecule has 0 saturated heterocycles. The number of nitrogens with zero attached hydrogens (tertiary/aromatic N) is 4. The zero-order valence-corrected chi connectivity index (χ0v) is 11.6. The summed E-state index contributed by atoms with van der Waals surface area (Å²) in [7, 11) is 0. The molecule has 0 atom stereocenters. The molecule has 0 aliphatic carbocycles. The molecule has 0 bridgehead atoms. The summed E-state index contributed by atoms with van der Waals surface area (Å²) in [5.74, 6) is 0.378. The third kappa shape index (κ3) is 1.90. The predicted molar refractivity (Wildman–Crippen MR) is 83.6 cm³/mol. The summed E-state index contributed by atoms with van der Waals surface area (Å²) in [6, 6.07) is 11.6. The van der Waals surface area contributed by atoms with Crippen LogP contribution in [-0.4, -0.2) is 19.5 Å². The van der Waals surface area contributed by atoms with E-state index in [1.165, 1.54) is 0 Å². The molecule has 0 aliphatic heterocycles. The number of imidazole rings is 1. The zero-order valence-electron chi connectivity index (χ0n) is 10.9. The molecule has 4 rings (SSSR count). The maximum Gasteiger partial charge on any atom is 0.207 e. The molecule has 5 nitrogen and oxygen atoms in total. The molecule has 102 valence electrons. The van der Waals surface area contributed by atoms with Crippen molar-refractivity contribution in [2.24, 2.45) is 0 Å². The normalized spacial score (nSPS) is 11.3. The first-order valence-electron chi connectivity index (χ1n) is 6.37. The Morgan fingerprint density at radius 3 is 2.86 bits per heavy atom. The Morgan fingerprint density at radius 1 is 1.05 bits per heavy atom. The van der Waals surface area contributed by atoms with Crippen LogP contribution in [0.25, 0.3) is 27.8 Å². The number of nitrogens with two attached hydrogens (primary N) is 1. The van der Waals surface area contributed by atoms with E-state index in [0.29, 0.717) is 22.1 Å². The summed E-state index contributed by atoms with van der Waals surface area (Å²) in [4.78, 5) is 13.0. The van der Waals surface area contributed by atoms with Crippen LogP contribution in [0.4, 0.5) is 5.95 Å². The van der Waals surface area contributed by atoms with Crippen molar-refractivity contribution >= 4 is 39.6 Å². The highest BCUT2D eigenvalue weighted by Gasteiger charge is 2.12. The van der Waals surface area contributed by atoms with Gasteiger partial charge in [0.1, 0.15) is 5.52 Å². The molecule has 0 aliphatic rings. The van der Waals surface area contributed by atoms with Gasteiger partial charge in [-0.2, -0.15) is 0 Å². The molecular weight excluding hydrogens is 286 g/mol. The van der Waals surface area contributed by atoms with Gasteiger partial charge in [0.15, 0.2) is 5.65 Å². The lowest BCUT2D eigenvalue weighted by Gasteiger charge is -2.07. The van der Waals surface area contributed by atoms with E-state index in [-0.39, 0.29) is 0 Å². The van der Waals surface area contributed by atoms with E-state index in [9.17, 15) is 0 Å². The van der Waals surface area contributed by atoms with Crippen LogP contribution in [0.2, 0.25) is 5.02 Å². The number of nitrogen functional groups attached to an aromatic ring is 1. The number of rotatable bonds is 1. The van der Waals surface area contributed by atoms with Crippen LogP contribution in [0.5, 0.6) is 0 Å². The third-order valence-electron chi connectivity index (χ3n) is 3.33. The summed E-state index contributed by atoms with van der Waals surface area (Å²) in [6.45, 7) is 0. The van der Waals surface area contributed by atoms with E-state index in [0.717, 1.165) is 16.6 Å². The van der Waals surface area contributed by atoms with Crippen molar-refractivity contribution in [3.05, 3.63) is 53.8 Å². The first-order chi connectivity index (χ1) is 10.2. The molecule has 2 N–H and O–H groups in total. The van der Waals surface area contributed by atoms with Gasteiger partial charge in [0.05, 0.1) is 16.2 Å². The molecular formula is C15H10ClN5. The van der Waals surface area contributed by atoms with Crippen LogP contribution in [0.1, 0.15) is 0 Å². The Labute approximate surface area is 125 Å². The molecule has 0 amide bonds. The lowest BCUT2D eigenvalue weighted by molar-refractivity contribution is 1.09. The summed E-state index contributed by atoms with van der Waals surface area (Å²) in [5, 5.41) is 1.57. The number of pyridine rings is 2. The number of halogens is 1. The lowest BCUT2D eigenvalue weighted by Crippen LogP contribution is -2.01. The first-order valence-corrected chi connectivity index (χ1v) is 6.75. The fourth-order valence-electron chi connectivity index (χ4n) is 2.41. The van der Waals surface area contributed by atoms with Crippen LogP contribution < -0.4 is 5.73 Å². The van der Waals surface area contributed by atoms with Gasteiger partial charge in [0.2, 0.25) is 5.95 Å². The maximum absolute atomic E-state index is 6.03. The molecule has 3 heterocycles. The van der Waals surface area contributed by atoms with E-state index in [1.807, 2.05) is 30.3 Å². The van der Waals surface area contributed by atoms with Gasteiger partial charge in [0.25, 0.3) is 0 Å². The van der Waals surface area contributed by atoms with Crippen LogP contribution in [0.15, 0.2) is 48.8 Å². The highest BCUT2D eigenvalue weighted by atomic mass is 35.5. The molecule has 0 unspecified atom stereocenters. The van der Waals surface area contributed by atoms with Crippen LogP contribution in [0, 0.1) is 0 Å². The SMILES string of the molecule is Nc1nc2cc(Cl)cnc2n1-c1ccc2ncccc2c1. The van der Waals surface area contributed by atoms with Crippen LogP contribution >= 0.6 is 11.6 Å². The van der Waals surface area contributed by atoms with Crippen LogP contribution in [0.3, 0.4) is 0 Å². The molecule has 4 aromatic rings. The van der Waals surface area contributed by atoms with E-state index in [1.54, 1.807) is 23.0 Å². The zero-order chi connectivity index (χ0) is 14.4. The van der Waals surface area contributed by atoms with Crippen molar-refractivity contribution in [1.29, 1.82) is 0 Å². The van der Waals surface area contributed by atoms with Gasteiger partial charge in [-0.1, -0.05) is 17.7 Å². The fraction of sp³-hybridized carbons (Fsp3) is 0. The highest BCUT2D eigenvalue weighted by molar-refractivity contribution is 6.31. The monoisotopic (exact) mass is 295 g/mol. The quantitative estimate of drug-likeness (QED) is 0.585. The average molecular weight is 296 g/mol. The minimum absolute atomic E-state index is 0.378. The predicted octanol–water partition coefficient (Wildman–Crippen LogP) is 3.20. The van der Waals surface area contributed by atoms with Gasteiger partial charge in [-0.05, 0) is 30.3 Å². The van der Waals surface area contributed by atoms with Crippen molar-refractivity contribution in [2.75, 3.05) is 5.73 Å². The molecule has 0 saturated carbocycles. The summed E-state index contributed by atoms with van der Waals surface area (Å²) >= 11 is 5.94. The molecule has 0 spiro atoms. The maximum atomic E-state index is 6.03. The van der Waals surface area contributed by atoms with E-state index in [2.05, 4.69) is 15.0 Å². The Hall–Kier alpha value is -2.66. The average Bonchev–Trinajstić information content (AvgIpc) is 2.81. The number of benzene rings is 1. The number of anilines is 1. The van der Waals surface area contributed by atoms with Gasteiger partial charge < -0.3 is 5.73 Å². The molecule has 6 heteroatoms. The number of fused-ring (bicyclic) bond motifs is 2. The van der Waals surface area contributed by atoms with Crippen LogP contribution in [-0.2, 0) is 0 Å². The summed E-state index contributed by atoms with van der Waals surface area (Å²) in [6.07, 6.45) is 3.36. The Balaban J connectivity index is 2.01. The summed E-state index contributed by atoms with van der Waals surface area (Å²) < 4.78 is 1.80. The van der Waals surface area contributed by atoms with Gasteiger partial charge in [-0.3, -0.25) is 9.55 Å². The van der Waals surface area contributed by atoms with Crippen molar-refractivity contribution in [2.45, 2.75) is 0 Å². The summed E-state index contributed by atoms with van der Waals surface area (Å²) in [5.41, 5.74) is 9.21. The molecule has 21 heavy (non-hydrogen) atoms. The lowest BCUT2D eigenvalue weighted by atomic mass is 10.2. The van der Waals surface area contributed by atoms with Crippen molar-refractivity contribution in [3.8, 4) is 5.69 Å². The van der Waals surface area contributed by atoms with Gasteiger partial charge in [0, 0.05) is 17.8 Å². The minimum Gasteiger partial charge on any atom is -0.369 e. The van der Waals surface area contributed by atoms with E-state index >= 15 is 0 Å². The minimum atomic E-state index is 0.378. The first kappa shape index (κ1) is 12.1. The topological polar surface area (TPSA) is 69.6 Å². The molecule has 1 aromatic carbocycles. The standard InChI is InChI=1S/C15H10ClN5/c16-10-7-13-14(19-8-10)21(15(17)20-13)11-3-4-12-9(6-11)2-1-5-18-12/h1-8H,(H2,17,20). The fourth-order valence-corrected chi connectivity index (χ4v) is 2.57. The Morgan fingerprint density at radius 2 is 1.95 bits per heavy atom. The second kappa shape index (κ2) is 4.43. The molecule has 3 aromatic heterocycles. The number of hydrogen-bond acceptors (Lipinski definition) is 4. The van der Waals surface area contributed by atoms with Gasteiger partial charge in [-0.25, -0.2) is 9.97 Å². The van der Waals surface area contributed by atoms with Crippen molar-refractivity contribution < 1.29 is 0 Å². The smallest absolute Gasteiger partial charge is 0.207 e. The highest BCUT2D eigenvalue weighted by Crippen LogP contribution is 2.25. The number of hydrogen-bond donors (Lipinski definition) is 1. The van der Waals surface area contributed by atoms with Crippen molar-refractivity contribution in [3.63, 3.8) is 0 Å². The van der Waals surface area contributed by atoms with Gasteiger partial charge >= 0.3 is 0 Å². The van der Waals surface area contributed by atoms with Crippen molar-refractivity contribution in [1.82, 2.24) is 19.5 Å². The second-order valence-corrected chi connectivity index (χ2v) is 5.12. The Kier molecular flexibility index (Phi) is 2.55. The Bertz CT molecular complexity index is 976. The van der Waals surface area contributed by atoms with E-state index < -0.39 is 0 Å². The van der Waals surface area contributed by atoms with E-state index in [4.69, 9.17) is 17.3 Å². The second-order valence-electron chi connectivity index (χ2n) is 4.68. The number of aromatic nitrogens is 4. The molecule has 0 fully saturated rings. The third-order valence-corrected chi connectivity index (χ3v) is 3.54. The molecule has 0 radical (unpaired) electrons.